The lowest BCUT2D eigenvalue weighted by atomic mass is 9.93. The molecule has 23 heavy (non-hydrogen) atoms. The molecule has 1 aliphatic carbocycles. The van der Waals surface area contributed by atoms with E-state index in [-0.39, 0.29) is 0 Å². The molecule has 4 nitrogen and oxygen atoms in total. The van der Waals surface area contributed by atoms with Gasteiger partial charge in [0.2, 0.25) is 5.91 Å². The van der Waals surface area contributed by atoms with Gasteiger partial charge in [-0.15, -0.1) is 0 Å². The smallest absolute Gasteiger partial charge is 0.225 e. The summed E-state index contributed by atoms with van der Waals surface area (Å²) in [5, 5.41) is 3.67. The minimum absolute atomic E-state index is 0.345. The van der Waals surface area contributed by atoms with Gasteiger partial charge >= 0.3 is 0 Å². The standard InChI is InChI=1S/C19H28N2O2/c1-14-12-21(19(22)17-7-8-17)10-9-18(14)20-11-15-3-5-16(6-4-15)13-23-2/h3-6,14,17-18,20H,7-13H2,1-2H3/t14-,18+/m0/s1. The zero-order valence-corrected chi connectivity index (χ0v) is 14.3. The average Bonchev–Trinajstić information content (AvgIpc) is 3.39. The van der Waals surface area contributed by atoms with Crippen molar-refractivity contribution in [2.75, 3.05) is 20.2 Å². The van der Waals surface area contributed by atoms with Crippen LogP contribution in [0.4, 0.5) is 0 Å². The minimum atomic E-state index is 0.345. The lowest BCUT2D eigenvalue weighted by Crippen LogP contribution is -2.50. The molecule has 0 radical (unpaired) electrons. The van der Waals surface area contributed by atoms with E-state index in [1.807, 2.05) is 0 Å². The van der Waals surface area contributed by atoms with Crippen LogP contribution in [-0.4, -0.2) is 37.0 Å². The topological polar surface area (TPSA) is 41.6 Å². The number of ether oxygens (including phenoxy) is 1. The fourth-order valence-corrected chi connectivity index (χ4v) is 3.41. The summed E-state index contributed by atoms with van der Waals surface area (Å²) >= 11 is 0. The number of benzene rings is 1. The fourth-order valence-electron chi connectivity index (χ4n) is 3.41. The first-order valence-electron chi connectivity index (χ1n) is 8.76. The molecule has 0 unspecified atom stereocenters. The number of methoxy groups -OCH3 is 1. The molecule has 0 spiro atoms. The van der Waals surface area contributed by atoms with Gasteiger partial charge in [-0.25, -0.2) is 0 Å². The number of hydrogen-bond donors (Lipinski definition) is 1. The van der Waals surface area contributed by atoms with Gasteiger partial charge < -0.3 is 15.0 Å². The number of hydrogen-bond acceptors (Lipinski definition) is 3. The number of carbonyl (C=O) groups is 1. The maximum atomic E-state index is 12.2. The molecule has 2 aliphatic rings. The van der Waals surface area contributed by atoms with E-state index >= 15 is 0 Å². The molecule has 1 heterocycles. The van der Waals surface area contributed by atoms with Gasteiger partial charge in [0, 0.05) is 38.7 Å². The van der Waals surface area contributed by atoms with Crippen molar-refractivity contribution in [3.63, 3.8) is 0 Å². The molecule has 4 heteroatoms. The summed E-state index contributed by atoms with van der Waals surface area (Å²) in [7, 11) is 1.72. The summed E-state index contributed by atoms with van der Waals surface area (Å²) in [6, 6.07) is 9.08. The third-order valence-corrected chi connectivity index (χ3v) is 5.05. The van der Waals surface area contributed by atoms with Gasteiger partial charge in [-0.3, -0.25) is 4.79 Å². The monoisotopic (exact) mass is 316 g/mol. The maximum absolute atomic E-state index is 12.2. The maximum Gasteiger partial charge on any atom is 0.225 e. The second-order valence-corrected chi connectivity index (χ2v) is 7.06. The summed E-state index contributed by atoms with van der Waals surface area (Å²) in [6.45, 7) is 5.62. The van der Waals surface area contributed by atoms with Crippen LogP contribution < -0.4 is 5.32 Å². The Hall–Kier alpha value is -1.39. The summed E-state index contributed by atoms with van der Waals surface area (Å²) in [5.41, 5.74) is 2.50. The van der Waals surface area contributed by atoms with Crippen molar-refractivity contribution in [3.8, 4) is 0 Å². The Morgan fingerprint density at radius 1 is 1.22 bits per heavy atom. The van der Waals surface area contributed by atoms with Crippen molar-refractivity contribution in [1.82, 2.24) is 10.2 Å². The molecule has 0 aromatic heterocycles. The molecule has 1 amide bonds. The molecule has 1 aliphatic heterocycles. The summed E-state index contributed by atoms with van der Waals surface area (Å²) in [4.78, 5) is 14.3. The Labute approximate surface area is 139 Å². The van der Waals surface area contributed by atoms with Crippen molar-refractivity contribution in [3.05, 3.63) is 35.4 Å². The molecule has 1 saturated heterocycles. The Kier molecular flexibility index (Phi) is 5.34. The van der Waals surface area contributed by atoms with Crippen molar-refractivity contribution >= 4 is 5.91 Å². The third-order valence-electron chi connectivity index (χ3n) is 5.05. The SMILES string of the molecule is COCc1ccc(CN[C@@H]2CCN(C(=O)C3CC3)C[C@@H]2C)cc1. The van der Waals surface area contributed by atoms with Crippen molar-refractivity contribution in [2.24, 2.45) is 11.8 Å². The Bertz CT molecular complexity index is 525. The van der Waals surface area contributed by atoms with Crippen molar-refractivity contribution in [1.29, 1.82) is 0 Å². The van der Waals surface area contributed by atoms with Crippen LogP contribution in [0.1, 0.15) is 37.3 Å². The van der Waals surface area contributed by atoms with E-state index < -0.39 is 0 Å². The number of amides is 1. The highest BCUT2D eigenvalue weighted by Crippen LogP contribution is 2.32. The van der Waals surface area contributed by atoms with Crippen LogP contribution in [0.2, 0.25) is 0 Å². The highest BCUT2D eigenvalue weighted by Gasteiger charge is 2.36. The Morgan fingerprint density at radius 3 is 2.52 bits per heavy atom. The summed E-state index contributed by atoms with van der Waals surface area (Å²) < 4.78 is 5.14. The number of piperidine rings is 1. The molecule has 1 aromatic rings. The Morgan fingerprint density at radius 2 is 1.91 bits per heavy atom. The number of carbonyl (C=O) groups excluding carboxylic acids is 1. The quantitative estimate of drug-likeness (QED) is 0.877. The molecule has 1 N–H and O–H groups in total. The van der Waals surface area contributed by atoms with Gasteiger partial charge in [0.25, 0.3) is 0 Å². The van der Waals surface area contributed by atoms with Crippen molar-refractivity contribution in [2.45, 2.75) is 45.4 Å². The van der Waals surface area contributed by atoms with Gasteiger partial charge in [-0.05, 0) is 36.3 Å². The Balaban J connectivity index is 1.46. The highest BCUT2D eigenvalue weighted by atomic mass is 16.5. The average molecular weight is 316 g/mol. The predicted molar refractivity (Wildman–Crippen MR) is 90.9 cm³/mol. The van der Waals surface area contributed by atoms with Gasteiger partial charge in [-0.1, -0.05) is 31.2 Å². The largest absolute Gasteiger partial charge is 0.380 e. The second kappa shape index (κ2) is 7.45. The second-order valence-electron chi connectivity index (χ2n) is 7.06. The zero-order chi connectivity index (χ0) is 16.2. The molecule has 126 valence electrons. The van der Waals surface area contributed by atoms with Crippen LogP contribution in [0.15, 0.2) is 24.3 Å². The first-order chi connectivity index (χ1) is 11.2. The molecule has 2 fully saturated rings. The number of nitrogens with zero attached hydrogens (tertiary/aromatic N) is 1. The lowest BCUT2D eigenvalue weighted by Gasteiger charge is -2.37. The van der Waals surface area contributed by atoms with Gasteiger partial charge in [-0.2, -0.15) is 0 Å². The van der Waals surface area contributed by atoms with Crippen molar-refractivity contribution < 1.29 is 9.53 Å². The van der Waals surface area contributed by atoms with Gasteiger partial charge in [0.15, 0.2) is 0 Å². The number of likely N-dealkylation sites (tertiary alicyclic amines) is 1. The zero-order valence-electron chi connectivity index (χ0n) is 14.3. The van der Waals surface area contributed by atoms with Crippen LogP contribution >= 0.6 is 0 Å². The van der Waals surface area contributed by atoms with E-state index in [0.717, 1.165) is 38.9 Å². The van der Waals surface area contributed by atoms with Gasteiger partial charge in [0.1, 0.15) is 0 Å². The van der Waals surface area contributed by atoms with E-state index in [2.05, 4.69) is 41.4 Å². The van der Waals surface area contributed by atoms with Crippen LogP contribution in [0.3, 0.4) is 0 Å². The molecule has 1 aromatic carbocycles. The van der Waals surface area contributed by atoms with E-state index in [0.29, 0.717) is 30.4 Å². The lowest BCUT2D eigenvalue weighted by molar-refractivity contribution is -0.134. The minimum Gasteiger partial charge on any atom is -0.380 e. The fraction of sp³-hybridized carbons (Fsp3) is 0.632. The first-order valence-corrected chi connectivity index (χ1v) is 8.76. The van der Waals surface area contributed by atoms with Crippen LogP contribution in [0, 0.1) is 11.8 Å². The van der Waals surface area contributed by atoms with Crippen LogP contribution in [-0.2, 0) is 22.7 Å². The summed E-state index contributed by atoms with van der Waals surface area (Å²) in [5.74, 6) is 1.25. The van der Waals surface area contributed by atoms with Gasteiger partial charge in [0.05, 0.1) is 6.61 Å². The molecule has 3 rings (SSSR count). The third kappa shape index (κ3) is 4.33. The normalized spacial score (nSPS) is 24.7. The predicted octanol–water partition coefficient (Wildman–Crippen LogP) is 2.57. The van der Waals surface area contributed by atoms with E-state index in [1.165, 1.54) is 11.1 Å². The number of rotatable bonds is 6. The summed E-state index contributed by atoms with van der Waals surface area (Å²) in [6.07, 6.45) is 3.26. The first kappa shape index (κ1) is 16.5. The van der Waals surface area contributed by atoms with Crippen LogP contribution in [0.5, 0.6) is 0 Å². The molecule has 1 saturated carbocycles. The highest BCUT2D eigenvalue weighted by molar-refractivity contribution is 5.81. The number of nitrogens with one attached hydrogen (secondary N) is 1. The van der Waals surface area contributed by atoms with E-state index in [9.17, 15) is 4.79 Å². The molecular formula is C19H28N2O2. The van der Waals surface area contributed by atoms with E-state index in [4.69, 9.17) is 4.74 Å². The van der Waals surface area contributed by atoms with Crippen LogP contribution in [0.25, 0.3) is 0 Å². The van der Waals surface area contributed by atoms with E-state index in [1.54, 1.807) is 7.11 Å². The molecule has 0 bridgehead atoms. The molecular weight excluding hydrogens is 288 g/mol. The molecule has 2 atom stereocenters.